The Hall–Kier alpha value is -2.91. The van der Waals surface area contributed by atoms with Gasteiger partial charge in [-0.3, -0.25) is 9.78 Å². The minimum Gasteiger partial charge on any atom is -0.408 e. The van der Waals surface area contributed by atoms with E-state index < -0.39 is 21.7 Å². The van der Waals surface area contributed by atoms with Crippen molar-refractivity contribution in [2.24, 2.45) is 0 Å². The lowest BCUT2D eigenvalue weighted by atomic mass is 10.2. The quantitative estimate of drug-likeness (QED) is 0.598. The summed E-state index contributed by atoms with van der Waals surface area (Å²) in [6, 6.07) is 10.2. The van der Waals surface area contributed by atoms with E-state index in [1.54, 1.807) is 25.1 Å². The number of fused-ring (bicyclic) bond motifs is 1. The van der Waals surface area contributed by atoms with Crippen LogP contribution in [0.1, 0.15) is 30.6 Å². The summed E-state index contributed by atoms with van der Waals surface area (Å²) < 4.78 is 32.0. The fourth-order valence-electron chi connectivity index (χ4n) is 2.43. The monoisotopic (exact) mass is 389 g/mol. The standard InChI is InChI=1S/C18H19N3O5S/c1-3-11(2)21-27(24,25)14-7-4-12(5-8-14)17(22)19-13-6-9-16-15(10-13)20-18(23)26-16/h4-11,21H,3H2,1-2H3,(H,19,22)(H,20,23). The molecule has 27 heavy (non-hydrogen) atoms. The van der Waals surface area contributed by atoms with Gasteiger partial charge < -0.3 is 9.73 Å². The van der Waals surface area contributed by atoms with Crippen molar-refractivity contribution in [3.63, 3.8) is 0 Å². The van der Waals surface area contributed by atoms with Crippen LogP contribution in [0.15, 0.2) is 56.6 Å². The lowest BCUT2D eigenvalue weighted by Gasteiger charge is -2.12. The van der Waals surface area contributed by atoms with E-state index in [0.29, 0.717) is 28.8 Å². The third-order valence-electron chi connectivity index (χ3n) is 4.07. The summed E-state index contributed by atoms with van der Waals surface area (Å²) in [5, 5.41) is 2.69. The number of hydrogen-bond donors (Lipinski definition) is 3. The number of carbonyl (C=O) groups excluding carboxylic acids is 1. The third-order valence-corrected chi connectivity index (χ3v) is 5.68. The Labute approximate surface area is 155 Å². The van der Waals surface area contributed by atoms with Crippen LogP contribution in [0.3, 0.4) is 0 Å². The molecule has 1 amide bonds. The average molecular weight is 389 g/mol. The average Bonchev–Trinajstić information content (AvgIpc) is 3.00. The number of aromatic amines is 1. The minimum absolute atomic E-state index is 0.0942. The van der Waals surface area contributed by atoms with E-state index in [0.717, 1.165) is 0 Å². The number of anilines is 1. The van der Waals surface area contributed by atoms with Gasteiger partial charge in [0.15, 0.2) is 5.58 Å². The number of oxazole rings is 1. The maximum atomic E-state index is 12.4. The van der Waals surface area contributed by atoms with Gasteiger partial charge in [0.2, 0.25) is 10.0 Å². The molecule has 0 radical (unpaired) electrons. The zero-order chi connectivity index (χ0) is 19.6. The van der Waals surface area contributed by atoms with Crippen LogP contribution in [-0.2, 0) is 10.0 Å². The Morgan fingerprint density at radius 1 is 1.19 bits per heavy atom. The molecule has 1 heterocycles. The second kappa shape index (κ2) is 7.37. The van der Waals surface area contributed by atoms with E-state index in [9.17, 15) is 18.0 Å². The zero-order valence-corrected chi connectivity index (χ0v) is 15.6. The molecule has 2 aromatic carbocycles. The smallest absolute Gasteiger partial charge is 0.408 e. The van der Waals surface area contributed by atoms with Crippen LogP contribution in [0.5, 0.6) is 0 Å². The van der Waals surface area contributed by atoms with Crippen LogP contribution in [0.4, 0.5) is 5.69 Å². The van der Waals surface area contributed by atoms with Crippen molar-refractivity contribution in [3.8, 4) is 0 Å². The number of hydrogen-bond acceptors (Lipinski definition) is 5. The van der Waals surface area contributed by atoms with Crippen molar-refractivity contribution in [2.45, 2.75) is 31.2 Å². The first-order chi connectivity index (χ1) is 12.8. The normalized spacial score (nSPS) is 12.8. The SMILES string of the molecule is CCC(C)NS(=O)(=O)c1ccc(C(=O)Nc2ccc3oc(=O)[nH]c3c2)cc1. The Morgan fingerprint density at radius 2 is 1.89 bits per heavy atom. The van der Waals surface area contributed by atoms with Gasteiger partial charge in [0, 0.05) is 17.3 Å². The molecular weight excluding hydrogens is 370 g/mol. The van der Waals surface area contributed by atoms with Crippen LogP contribution in [-0.4, -0.2) is 25.4 Å². The van der Waals surface area contributed by atoms with E-state index in [1.807, 2.05) is 6.92 Å². The molecule has 0 saturated carbocycles. The molecule has 3 rings (SSSR count). The zero-order valence-electron chi connectivity index (χ0n) is 14.8. The highest BCUT2D eigenvalue weighted by Gasteiger charge is 2.17. The largest absolute Gasteiger partial charge is 0.417 e. The summed E-state index contributed by atoms with van der Waals surface area (Å²) in [6.07, 6.45) is 0.673. The van der Waals surface area contributed by atoms with Gasteiger partial charge in [-0.1, -0.05) is 6.92 Å². The Morgan fingerprint density at radius 3 is 2.56 bits per heavy atom. The molecule has 1 aromatic heterocycles. The Kier molecular flexibility index (Phi) is 5.15. The van der Waals surface area contributed by atoms with Crippen molar-refractivity contribution >= 4 is 32.7 Å². The predicted octanol–water partition coefficient (Wildman–Crippen LogP) is 2.45. The summed E-state index contributed by atoms with van der Waals surface area (Å²) >= 11 is 0. The number of benzene rings is 2. The highest BCUT2D eigenvalue weighted by molar-refractivity contribution is 7.89. The molecule has 0 aliphatic heterocycles. The van der Waals surface area contributed by atoms with E-state index in [4.69, 9.17) is 4.42 Å². The molecule has 3 N–H and O–H groups in total. The molecule has 9 heteroatoms. The van der Waals surface area contributed by atoms with Gasteiger partial charge in [0.1, 0.15) is 0 Å². The first-order valence-electron chi connectivity index (χ1n) is 8.35. The lowest BCUT2D eigenvalue weighted by Crippen LogP contribution is -2.32. The molecule has 0 bridgehead atoms. The topological polar surface area (TPSA) is 121 Å². The summed E-state index contributed by atoms with van der Waals surface area (Å²) in [7, 11) is -3.62. The van der Waals surface area contributed by atoms with E-state index >= 15 is 0 Å². The maximum Gasteiger partial charge on any atom is 0.417 e. The van der Waals surface area contributed by atoms with Crippen LogP contribution in [0.2, 0.25) is 0 Å². The van der Waals surface area contributed by atoms with Crippen molar-refractivity contribution < 1.29 is 17.6 Å². The molecule has 0 aliphatic carbocycles. The number of nitrogens with one attached hydrogen (secondary N) is 3. The van der Waals surface area contributed by atoms with Crippen molar-refractivity contribution in [1.82, 2.24) is 9.71 Å². The summed E-state index contributed by atoms with van der Waals surface area (Å²) in [6.45, 7) is 3.67. The number of carbonyl (C=O) groups is 1. The van der Waals surface area contributed by atoms with Gasteiger partial charge in [0.05, 0.1) is 10.4 Å². The summed E-state index contributed by atoms with van der Waals surface area (Å²) in [5.41, 5.74) is 1.63. The van der Waals surface area contributed by atoms with E-state index in [1.165, 1.54) is 24.3 Å². The van der Waals surface area contributed by atoms with Crippen LogP contribution >= 0.6 is 0 Å². The fraction of sp³-hybridized carbons (Fsp3) is 0.222. The fourth-order valence-corrected chi connectivity index (χ4v) is 3.76. The van der Waals surface area contributed by atoms with E-state index in [2.05, 4.69) is 15.0 Å². The molecule has 0 saturated heterocycles. The lowest BCUT2D eigenvalue weighted by molar-refractivity contribution is 0.102. The van der Waals surface area contributed by atoms with Gasteiger partial charge in [-0.15, -0.1) is 0 Å². The number of aromatic nitrogens is 1. The molecular formula is C18H19N3O5S. The van der Waals surface area contributed by atoms with E-state index in [-0.39, 0.29) is 10.9 Å². The van der Waals surface area contributed by atoms with Gasteiger partial charge in [-0.2, -0.15) is 0 Å². The van der Waals surface area contributed by atoms with Crippen molar-refractivity contribution in [1.29, 1.82) is 0 Å². The Balaban J connectivity index is 1.75. The van der Waals surface area contributed by atoms with Crippen LogP contribution in [0, 0.1) is 0 Å². The van der Waals surface area contributed by atoms with Gasteiger partial charge >= 0.3 is 5.76 Å². The second-order valence-electron chi connectivity index (χ2n) is 6.13. The first kappa shape index (κ1) is 18.9. The first-order valence-corrected chi connectivity index (χ1v) is 9.83. The predicted molar refractivity (Wildman–Crippen MR) is 101 cm³/mol. The number of sulfonamides is 1. The number of rotatable bonds is 6. The molecule has 0 fully saturated rings. The van der Waals surface area contributed by atoms with Crippen LogP contribution < -0.4 is 15.8 Å². The molecule has 1 unspecified atom stereocenters. The molecule has 142 valence electrons. The number of amides is 1. The highest BCUT2D eigenvalue weighted by atomic mass is 32.2. The summed E-state index contributed by atoms with van der Waals surface area (Å²) in [5.74, 6) is -0.977. The van der Waals surface area contributed by atoms with Crippen molar-refractivity contribution in [2.75, 3.05) is 5.32 Å². The number of H-pyrrole nitrogens is 1. The minimum atomic E-state index is -3.62. The Bertz CT molecular complexity index is 1130. The van der Waals surface area contributed by atoms with Crippen LogP contribution in [0.25, 0.3) is 11.1 Å². The molecule has 1 atom stereocenters. The third kappa shape index (κ3) is 4.26. The van der Waals surface area contributed by atoms with Gasteiger partial charge in [-0.25, -0.2) is 17.9 Å². The second-order valence-corrected chi connectivity index (χ2v) is 7.85. The molecule has 0 spiro atoms. The summed E-state index contributed by atoms with van der Waals surface area (Å²) in [4.78, 5) is 26.2. The molecule has 0 aliphatic rings. The highest BCUT2D eigenvalue weighted by Crippen LogP contribution is 2.18. The van der Waals surface area contributed by atoms with Crippen molar-refractivity contribution in [3.05, 3.63) is 58.6 Å². The maximum absolute atomic E-state index is 12.4. The molecule has 3 aromatic rings. The van der Waals surface area contributed by atoms with Gasteiger partial charge in [-0.05, 0) is 55.8 Å². The molecule has 8 nitrogen and oxygen atoms in total. The van der Waals surface area contributed by atoms with Gasteiger partial charge in [0.25, 0.3) is 5.91 Å².